The predicted octanol–water partition coefficient (Wildman–Crippen LogP) is 4.00. The van der Waals surface area contributed by atoms with E-state index < -0.39 is 28.5 Å². The molecule has 0 radical (unpaired) electrons. The number of hydrogen-bond acceptors (Lipinski definition) is 5. The normalized spacial score (nSPS) is 26.5. The molecular weight excluding hydrogens is 405 g/mol. The lowest BCUT2D eigenvalue weighted by atomic mass is 9.79. The van der Waals surface area contributed by atoms with Crippen LogP contribution in [0.3, 0.4) is 0 Å². The van der Waals surface area contributed by atoms with Crippen LogP contribution < -0.4 is 0 Å². The second-order valence-electron chi connectivity index (χ2n) is 8.27. The SMILES string of the molecule is CCOC(=O)C12CN(C(=O)OC(C)(C)C)CC(=O)C1(c1ccc(Cl)c(Cl)c1)C2. The number of rotatable bonds is 3. The van der Waals surface area contributed by atoms with Crippen molar-refractivity contribution in [2.75, 3.05) is 19.7 Å². The first-order valence-corrected chi connectivity index (χ1v) is 9.86. The van der Waals surface area contributed by atoms with Gasteiger partial charge in [-0.25, -0.2) is 4.79 Å². The maximum Gasteiger partial charge on any atom is 0.410 e. The van der Waals surface area contributed by atoms with E-state index in [1.54, 1.807) is 45.9 Å². The Balaban J connectivity index is 1.99. The quantitative estimate of drug-likeness (QED) is 0.681. The van der Waals surface area contributed by atoms with Gasteiger partial charge in [-0.15, -0.1) is 0 Å². The first-order chi connectivity index (χ1) is 13.0. The van der Waals surface area contributed by atoms with Crippen LogP contribution in [0, 0.1) is 5.41 Å². The molecule has 1 saturated carbocycles. The third kappa shape index (κ3) is 3.26. The van der Waals surface area contributed by atoms with Crippen LogP contribution >= 0.6 is 23.2 Å². The highest BCUT2D eigenvalue weighted by Gasteiger charge is 2.79. The van der Waals surface area contributed by atoms with E-state index in [1.165, 1.54) is 4.90 Å². The summed E-state index contributed by atoms with van der Waals surface area (Å²) in [6.45, 7) is 7.02. The summed E-state index contributed by atoms with van der Waals surface area (Å²) < 4.78 is 10.7. The highest BCUT2D eigenvalue weighted by molar-refractivity contribution is 6.42. The molecule has 1 aromatic carbocycles. The number of nitrogens with zero attached hydrogens (tertiary/aromatic N) is 1. The lowest BCUT2D eigenvalue weighted by Gasteiger charge is -2.36. The van der Waals surface area contributed by atoms with Gasteiger partial charge in [0.25, 0.3) is 0 Å². The number of ether oxygens (including phenoxy) is 2. The van der Waals surface area contributed by atoms with Gasteiger partial charge in [0, 0.05) is 6.54 Å². The van der Waals surface area contributed by atoms with Crippen molar-refractivity contribution in [3.63, 3.8) is 0 Å². The van der Waals surface area contributed by atoms with E-state index in [9.17, 15) is 14.4 Å². The van der Waals surface area contributed by atoms with E-state index in [0.717, 1.165) is 0 Å². The molecule has 1 amide bonds. The van der Waals surface area contributed by atoms with E-state index >= 15 is 0 Å². The van der Waals surface area contributed by atoms with Crippen LogP contribution in [0.15, 0.2) is 18.2 Å². The molecule has 152 valence electrons. The third-order valence-corrected chi connectivity index (χ3v) is 6.00. The Labute approximate surface area is 174 Å². The molecule has 0 bridgehead atoms. The molecule has 2 unspecified atom stereocenters. The number of halogens is 2. The Morgan fingerprint density at radius 3 is 2.46 bits per heavy atom. The average molecular weight is 428 g/mol. The van der Waals surface area contributed by atoms with Gasteiger partial charge in [-0.2, -0.15) is 0 Å². The van der Waals surface area contributed by atoms with Crippen LogP contribution in [-0.4, -0.2) is 48.0 Å². The van der Waals surface area contributed by atoms with E-state index in [0.29, 0.717) is 15.6 Å². The summed E-state index contributed by atoms with van der Waals surface area (Å²) in [6, 6.07) is 4.93. The Kier molecular flexibility index (Phi) is 5.17. The minimum absolute atomic E-state index is 0.0483. The smallest absolute Gasteiger partial charge is 0.410 e. The van der Waals surface area contributed by atoms with Crippen molar-refractivity contribution >= 4 is 41.0 Å². The molecule has 0 spiro atoms. The molecule has 1 aromatic rings. The lowest BCUT2D eigenvalue weighted by Crippen LogP contribution is -2.54. The van der Waals surface area contributed by atoms with Gasteiger partial charge in [-0.3, -0.25) is 14.5 Å². The number of piperidine rings is 1. The number of carbonyl (C=O) groups is 3. The molecule has 0 aromatic heterocycles. The van der Waals surface area contributed by atoms with Gasteiger partial charge in [-0.1, -0.05) is 29.3 Å². The van der Waals surface area contributed by atoms with Crippen molar-refractivity contribution in [1.29, 1.82) is 0 Å². The summed E-state index contributed by atoms with van der Waals surface area (Å²) in [4.78, 5) is 39.9. The molecule has 1 aliphatic carbocycles. The topological polar surface area (TPSA) is 72.9 Å². The van der Waals surface area contributed by atoms with Crippen molar-refractivity contribution < 1.29 is 23.9 Å². The number of carbonyl (C=O) groups excluding carboxylic acids is 3. The highest BCUT2D eigenvalue weighted by Crippen LogP contribution is 2.68. The minimum Gasteiger partial charge on any atom is -0.465 e. The molecular formula is C20H23Cl2NO5. The van der Waals surface area contributed by atoms with Crippen molar-refractivity contribution in [3.8, 4) is 0 Å². The van der Waals surface area contributed by atoms with Crippen LogP contribution in [0.5, 0.6) is 0 Å². The number of esters is 1. The summed E-state index contributed by atoms with van der Waals surface area (Å²) >= 11 is 12.2. The number of benzene rings is 1. The maximum absolute atomic E-state index is 13.2. The van der Waals surface area contributed by atoms with Gasteiger partial charge in [0.05, 0.1) is 28.6 Å². The fourth-order valence-electron chi connectivity index (χ4n) is 3.99. The maximum atomic E-state index is 13.2. The first kappa shape index (κ1) is 20.9. The summed E-state index contributed by atoms with van der Waals surface area (Å²) in [5, 5.41) is 0.670. The third-order valence-electron chi connectivity index (χ3n) is 5.26. The largest absolute Gasteiger partial charge is 0.465 e. The molecule has 1 saturated heterocycles. The number of likely N-dealkylation sites (tertiary alicyclic amines) is 1. The molecule has 1 heterocycles. The molecule has 1 aliphatic heterocycles. The van der Waals surface area contributed by atoms with Gasteiger partial charge >= 0.3 is 12.1 Å². The second kappa shape index (κ2) is 6.92. The fourth-order valence-corrected chi connectivity index (χ4v) is 4.29. The highest BCUT2D eigenvalue weighted by atomic mass is 35.5. The van der Waals surface area contributed by atoms with E-state index in [1.807, 2.05) is 0 Å². The van der Waals surface area contributed by atoms with Crippen LogP contribution in [0.2, 0.25) is 10.0 Å². The zero-order valence-electron chi connectivity index (χ0n) is 16.3. The van der Waals surface area contributed by atoms with Crippen LogP contribution in [0.1, 0.15) is 39.7 Å². The summed E-state index contributed by atoms with van der Waals surface area (Å²) in [5.74, 6) is -0.737. The molecule has 6 nitrogen and oxygen atoms in total. The number of hydrogen-bond donors (Lipinski definition) is 0. The van der Waals surface area contributed by atoms with Crippen LogP contribution in [-0.2, 0) is 24.5 Å². The van der Waals surface area contributed by atoms with Crippen molar-refractivity contribution in [2.24, 2.45) is 5.41 Å². The lowest BCUT2D eigenvalue weighted by molar-refractivity contribution is -0.154. The molecule has 3 rings (SSSR count). The molecule has 2 aliphatic rings. The Morgan fingerprint density at radius 2 is 1.89 bits per heavy atom. The van der Waals surface area contributed by atoms with E-state index in [2.05, 4.69) is 0 Å². The first-order valence-electron chi connectivity index (χ1n) is 9.11. The number of Topliss-reactive ketones (excluding diaryl/α,β-unsaturated/α-hetero) is 1. The van der Waals surface area contributed by atoms with Gasteiger partial charge in [0.1, 0.15) is 11.0 Å². The minimum atomic E-state index is -1.15. The van der Waals surface area contributed by atoms with Crippen LogP contribution in [0.25, 0.3) is 0 Å². The Morgan fingerprint density at radius 1 is 1.21 bits per heavy atom. The summed E-state index contributed by atoms with van der Waals surface area (Å²) in [6.07, 6.45) is -0.367. The number of ketones is 1. The van der Waals surface area contributed by atoms with Crippen molar-refractivity contribution in [1.82, 2.24) is 4.90 Å². The van der Waals surface area contributed by atoms with Gasteiger partial charge in [0.2, 0.25) is 0 Å². The summed E-state index contributed by atoms with van der Waals surface area (Å²) in [7, 11) is 0. The van der Waals surface area contributed by atoms with Gasteiger partial charge < -0.3 is 9.47 Å². The molecule has 2 fully saturated rings. The second-order valence-corrected chi connectivity index (χ2v) is 9.09. The monoisotopic (exact) mass is 427 g/mol. The predicted molar refractivity (Wildman–Crippen MR) is 105 cm³/mol. The number of fused-ring (bicyclic) bond motifs is 1. The zero-order valence-corrected chi connectivity index (χ0v) is 17.8. The standard InChI is InChI=1S/C20H23Cl2NO5/c1-5-27-16(25)19-10-20(19,12-6-7-13(21)14(22)8-12)15(24)9-23(11-19)17(26)28-18(2,3)4/h6-8H,5,9-11H2,1-4H3. The molecule has 28 heavy (non-hydrogen) atoms. The fraction of sp³-hybridized carbons (Fsp3) is 0.550. The molecule has 8 heteroatoms. The summed E-state index contributed by atoms with van der Waals surface area (Å²) in [5.41, 5.74) is -2.30. The molecule has 2 atom stereocenters. The van der Waals surface area contributed by atoms with Gasteiger partial charge in [-0.05, 0) is 51.8 Å². The molecule has 0 N–H and O–H groups in total. The average Bonchev–Trinajstić information content (AvgIpc) is 3.28. The van der Waals surface area contributed by atoms with Crippen LogP contribution in [0.4, 0.5) is 4.79 Å². The Hall–Kier alpha value is -1.79. The number of amides is 1. The zero-order chi connectivity index (χ0) is 20.9. The van der Waals surface area contributed by atoms with E-state index in [4.69, 9.17) is 32.7 Å². The van der Waals surface area contributed by atoms with Crippen molar-refractivity contribution in [2.45, 2.75) is 45.1 Å². The van der Waals surface area contributed by atoms with Gasteiger partial charge in [0.15, 0.2) is 5.78 Å². The Bertz CT molecular complexity index is 849. The van der Waals surface area contributed by atoms with Crippen molar-refractivity contribution in [3.05, 3.63) is 33.8 Å². The van der Waals surface area contributed by atoms with E-state index in [-0.39, 0.29) is 31.9 Å².